The van der Waals surface area contributed by atoms with Gasteiger partial charge in [-0.15, -0.1) is 0 Å². The number of oxime groups is 1. The molecular weight excluding hydrogens is 302 g/mol. The summed E-state index contributed by atoms with van der Waals surface area (Å²) in [4.78, 5) is 28.2. The van der Waals surface area contributed by atoms with Crippen LogP contribution in [0.15, 0.2) is 29.4 Å². The highest BCUT2D eigenvalue weighted by atomic mass is 35.5. The molecule has 4 nitrogen and oxygen atoms in total. The Morgan fingerprint density at radius 1 is 1.41 bits per heavy atom. The lowest BCUT2D eigenvalue weighted by atomic mass is 9.53. The van der Waals surface area contributed by atoms with E-state index in [1.807, 2.05) is 26.0 Å². The van der Waals surface area contributed by atoms with Gasteiger partial charge >= 0.3 is 5.97 Å². The zero-order valence-electron chi connectivity index (χ0n) is 13.0. The Labute approximate surface area is 135 Å². The number of hydrogen-bond acceptors (Lipinski definition) is 4. The van der Waals surface area contributed by atoms with E-state index in [-0.39, 0.29) is 35.4 Å². The lowest BCUT2D eigenvalue weighted by Crippen LogP contribution is -2.48. The standard InChI is InChI=1S/C17H20ClNO3/c1-11(20)14-8-13(17(14,2)3)9-16(21)22-19-10-12-6-4-5-7-15(12)18/h4-7,10,13-14H,8-9H2,1-3H3/t13-,14+/m0/s1. The Kier molecular flexibility index (Phi) is 5.01. The van der Waals surface area contributed by atoms with Gasteiger partial charge in [0.1, 0.15) is 5.78 Å². The van der Waals surface area contributed by atoms with Crippen molar-refractivity contribution in [3.05, 3.63) is 34.9 Å². The van der Waals surface area contributed by atoms with E-state index < -0.39 is 0 Å². The van der Waals surface area contributed by atoms with Crippen molar-refractivity contribution in [3.8, 4) is 0 Å². The van der Waals surface area contributed by atoms with E-state index in [0.717, 1.165) is 6.42 Å². The van der Waals surface area contributed by atoms with Gasteiger partial charge in [-0.05, 0) is 30.7 Å². The van der Waals surface area contributed by atoms with Crippen molar-refractivity contribution in [2.24, 2.45) is 22.4 Å². The first-order valence-electron chi connectivity index (χ1n) is 7.30. The average molecular weight is 322 g/mol. The third kappa shape index (κ3) is 3.55. The van der Waals surface area contributed by atoms with Crippen molar-refractivity contribution in [1.82, 2.24) is 0 Å². The van der Waals surface area contributed by atoms with Crippen molar-refractivity contribution >= 4 is 29.6 Å². The van der Waals surface area contributed by atoms with Crippen molar-refractivity contribution < 1.29 is 14.4 Å². The molecular formula is C17H20ClNO3. The number of benzene rings is 1. The molecule has 0 amide bonds. The second-order valence-corrected chi connectivity index (χ2v) is 6.75. The monoisotopic (exact) mass is 321 g/mol. The number of Topliss-reactive ketones (excluding diaryl/α,β-unsaturated/α-hetero) is 1. The number of carbonyl (C=O) groups excluding carboxylic acids is 2. The van der Waals surface area contributed by atoms with Gasteiger partial charge < -0.3 is 4.84 Å². The molecule has 0 spiro atoms. The molecule has 1 aromatic rings. The maximum absolute atomic E-state index is 11.8. The molecule has 1 aliphatic rings. The van der Waals surface area contributed by atoms with Crippen LogP contribution in [0.3, 0.4) is 0 Å². The Morgan fingerprint density at radius 3 is 2.68 bits per heavy atom. The van der Waals surface area contributed by atoms with E-state index in [1.54, 1.807) is 19.1 Å². The molecule has 0 radical (unpaired) electrons. The van der Waals surface area contributed by atoms with E-state index in [9.17, 15) is 9.59 Å². The fourth-order valence-corrected chi connectivity index (χ4v) is 3.20. The van der Waals surface area contributed by atoms with Gasteiger partial charge in [-0.1, -0.05) is 48.8 Å². The van der Waals surface area contributed by atoms with Gasteiger partial charge in [-0.3, -0.25) is 4.79 Å². The molecule has 118 valence electrons. The molecule has 1 aliphatic carbocycles. The molecule has 5 heteroatoms. The molecule has 2 rings (SSSR count). The number of hydrogen-bond donors (Lipinski definition) is 0. The van der Waals surface area contributed by atoms with E-state index in [4.69, 9.17) is 16.4 Å². The molecule has 0 N–H and O–H groups in total. The summed E-state index contributed by atoms with van der Waals surface area (Å²) in [5.41, 5.74) is 0.537. The predicted molar refractivity (Wildman–Crippen MR) is 85.8 cm³/mol. The molecule has 2 atom stereocenters. The normalized spacial score (nSPS) is 23.1. The molecule has 22 heavy (non-hydrogen) atoms. The molecule has 0 aromatic heterocycles. The fraction of sp³-hybridized carbons (Fsp3) is 0.471. The van der Waals surface area contributed by atoms with Crippen molar-refractivity contribution in [3.63, 3.8) is 0 Å². The van der Waals surface area contributed by atoms with E-state index in [1.165, 1.54) is 6.21 Å². The number of halogens is 1. The molecule has 0 saturated heterocycles. The van der Waals surface area contributed by atoms with E-state index in [2.05, 4.69) is 5.16 Å². The highest BCUT2D eigenvalue weighted by Gasteiger charge is 2.50. The Balaban J connectivity index is 1.85. The smallest absolute Gasteiger partial charge is 0.318 e. The largest absolute Gasteiger partial charge is 0.335 e. The minimum absolute atomic E-state index is 0.0388. The van der Waals surface area contributed by atoms with Crippen LogP contribution in [-0.2, 0) is 14.4 Å². The van der Waals surface area contributed by atoms with Gasteiger partial charge in [-0.25, -0.2) is 4.79 Å². The number of carbonyl (C=O) groups is 2. The van der Waals surface area contributed by atoms with Crippen LogP contribution in [-0.4, -0.2) is 18.0 Å². The molecule has 0 bridgehead atoms. The zero-order valence-corrected chi connectivity index (χ0v) is 13.8. The molecule has 1 saturated carbocycles. The van der Waals surface area contributed by atoms with Gasteiger partial charge in [-0.2, -0.15) is 0 Å². The number of rotatable bonds is 5. The summed E-state index contributed by atoms with van der Waals surface area (Å²) in [7, 11) is 0. The van der Waals surface area contributed by atoms with Gasteiger partial charge in [0, 0.05) is 16.5 Å². The summed E-state index contributed by atoms with van der Waals surface area (Å²) < 4.78 is 0. The van der Waals surface area contributed by atoms with Crippen molar-refractivity contribution in [1.29, 1.82) is 0 Å². The summed E-state index contributed by atoms with van der Waals surface area (Å²) >= 11 is 5.97. The highest BCUT2D eigenvalue weighted by molar-refractivity contribution is 6.33. The average Bonchev–Trinajstić information content (AvgIpc) is 2.44. The first-order chi connectivity index (χ1) is 10.3. The second kappa shape index (κ2) is 6.61. The Morgan fingerprint density at radius 2 is 2.09 bits per heavy atom. The summed E-state index contributed by atoms with van der Waals surface area (Å²) in [5.74, 6) is -0.00363. The van der Waals surface area contributed by atoms with Crippen molar-refractivity contribution in [2.75, 3.05) is 0 Å². The predicted octanol–water partition coefficient (Wildman–Crippen LogP) is 3.86. The first-order valence-corrected chi connectivity index (χ1v) is 7.68. The van der Waals surface area contributed by atoms with Crippen LogP contribution < -0.4 is 0 Å². The summed E-state index contributed by atoms with van der Waals surface area (Å²) in [6.45, 7) is 5.65. The lowest BCUT2D eigenvalue weighted by Gasteiger charge is -2.50. The van der Waals surface area contributed by atoms with Crippen LogP contribution in [0.2, 0.25) is 5.02 Å². The fourth-order valence-electron chi connectivity index (χ4n) is 3.01. The van der Waals surface area contributed by atoms with Gasteiger partial charge in [0.15, 0.2) is 0 Å². The van der Waals surface area contributed by atoms with E-state index in [0.29, 0.717) is 10.6 Å². The maximum Gasteiger partial charge on any atom is 0.335 e. The Hall–Kier alpha value is -1.68. The SMILES string of the molecule is CC(=O)[C@H]1C[C@@H](CC(=O)ON=Cc2ccccc2Cl)C1(C)C. The first kappa shape index (κ1) is 16.7. The van der Waals surface area contributed by atoms with Crippen LogP contribution in [0.5, 0.6) is 0 Å². The molecule has 1 fully saturated rings. The number of ketones is 1. The van der Waals surface area contributed by atoms with Crippen LogP contribution in [0, 0.1) is 17.3 Å². The Bertz CT molecular complexity index is 610. The topological polar surface area (TPSA) is 55.7 Å². The third-order valence-electron chi connectivity index (χ3n) is 4.63. The van der Waals surface area contributed by atoms with Crippen LogP contribution in [0.1, 0.15) is 39.2 Å². The maximum atomic E-state index is 11.8. The molecule has 0 heterocycles. The van der Waals surface area contributed by atoms with Gasteiger partial charge in [0.25, 0.3) is 0 Å². The second-order valence-electron chi connectivity index (χ2n) is 6.34. The summed E-state index contributed by atoms with van der Waals surface area (Å²) in [5, 5.41) is 4.24. The lowest BCUT2D eigenvalue weighted by molar-refractivity contribution is -0.153. The van der Waals surface area contributed by atoms with Gasteiger partial charge in [0.05, 0.1) is 12.6 Å². The molecule has 0 unspecified atom stereocenters. The minimum atomic E-state index is -0.386. The number of nitrogens with zero attached hydrogens (tertiary/aromatic N) is 1. The minimum Gasteiger partial charge on any atom is -0.318 e. The highest BCUT2D eigenvalue weighted by Crippen LogP contribution is 2.53. The van der Waals surface area contributed by atoms with Gasteiger partial charge in [0.2, 0.25) is 0 Å². The summed E-state index contributed by atoms with van der Waals surface area (Å²) in [6.07, 6.45) is 2.44. The zero-order chi connectivity index (χ0) is 16.3. The van der Waals surface area contributed by atoms with Crippen LogP contribution in [0.4, 0.5) is 0 Å². The van der Waals surface area contributed by atoms with Crippen LogP contribution >= 0.6 is 11.6 Å². The summed E-state index contributed by atoms with van der Waals surface area (Å²) in [6, 6.07) is 7.17. The van der Waals surface area contributed by atoms with Crippen molar-refractivity contribution in [2.45, 2.75) is 33.6 Å². The van der Waals surface area contributed by atoms with E-state index >= 15 is 0 Å². The quantitative estimate of drug-likeness (QED) is 0.470. The molecule has 0 aliphatic heterocycles. The van der Waals surface area contributed by atoms with Crippen LogP contribution in [0.25, 0.3) is 0 Å². The third-order valence-corrected chi connectivity index (χ3v) is 4.97. The molecule has 1 aromatic carbocycles.